The van der Waals surface area contributed by atoms with E-state index in [1.165, 1.54) is 5.56 Å². The van der Waals surface area contributed by atoms with Gasteiger partial charge in [0.1, 0.15) is 0 Å². The van der Waals surface area contributed by atoms with Gasteiger partial charge in [0.05, 0.1) is 5.92 Å². The minimum atomic E-state index is -0.280. The van der Waals surface area contributed by atoms with Crippen LogP contribution in [0.3, 0.4) is 0 Å². The zero-order valence-corrected chi connectivity index (χ0v) is 15.8. The summed E-state index contributed by atoms with van der Waals surface area (Å²) in [6.45, 7) is 2.64. The molecule has 4 aromatic rings. The average Bonchev–Trinajstić information content (AvgIpc) is 3.06. The highest BCUT2D eigenvalue weighted by Crippen LogP contribution is 2.33. The van der Waals surface area contributed by atoms with Crippen LogP contribution in [0, 0.1) is 17.0 Å². The van der Waals surface area contributed by atoms with E-state index in [0.717, 1.165) is 34.1 Å². The summed E-state index contributed by atoms with van der Waals surface area (Å²) in [7, 11) is 0. The molecule has 1 atom stereocenters. The number of benzene rings is 3. The van der Waals surface area contributed by atoms with E-state index in [2.05, 4.69) is 35.0 Å². The molecule has 0 saturated carbocycles. The summed E-state index contributed by atoms with van der Waals surface area (Å²) in [6.07, 6.45) is 2.09. The van der Waals surface area contributed by atoms with Gasteiger partial charge in [-0.2, -0.15) is 0 Å². The largest absolute Gasteiger partial charge is 0.343 e. The molecule has 140 valence electrons. The van der Waals surface area contributed by atoms with E-state index >= 15 is 0 Å². The van der Waals surface area contributed by atoms with Crippen LogP contribution in [0.2, 0.25) is 0 Å². The SMILES string of the molecule is Cc1ccc(C(C[N+](=O)[O-])c2cn(Cc3ccccc3)c3ccccc23)cc1. The van der Waals surface area contributed by atoms with E-state index < -0.39 is 0 Å². The van der Waals surface area contributed by atoms with Crippen LogP contribution in [0.15, 0.2) is 85.1 Å². The first-order valence-electron chi connectivity index (χ1n) is 9.42. The third kappa shape index (κ3) is 3.67. The highest BCUT2D eigenvalue weighted by molar-refractivity contribution is 5.85. The molecule has 0 saturated heterocycles. The van der Waals surface area contributed by atoms with Crippen molar-refractivity contribution in [3.05, 3.63) is 117 Å². The number of aromatic nitrogens is 1. The average molecular weight is 370 g/mol. The van der Waals surface area contributed by atoms with Gasteiger partial charge in [-0.15, -0.1) is 0 Å². The zero-order valence-electron chi connectivity index (χ0n) is 15.8. The molecule has 0 radical (unpaired) electrons. The predicted octanol–water partition coefficient (Wildman–Crippen LogP) is 5.41. The molecule has 4 heteroatoms. The lowest BCUT2D eigenvalue weighted by molar-refractivity contribution is -0.481. The Balaban J connectivity index is 1.83. The molecule has 0 aliphatic rings. The summed E-state index contributed by atoms with van der Waals surface area (Å²) in [5.74, 6) is -0.280. The number of aryl methyl sites for hydroxylation is 1. The topological polar surface area (TPSA) is 48.1 Å². The van der Waals surface area contributed by atoms with E-state index in [1.54, 1.807) is 0 Å². The summed E-state index contributed by atoms with van der Waals surface area (Å²) in [5, 5.41) is 12.5. The molecule has 1 aromatic heterocycles. The normalized spacial score (nSPS) is 12.2. The Hall–Kier alpha value is -3.40. The quantitative estimate of drug-likeness (QED) is 0.337. The number of hydrogen-bond donors (Lipinski definition) is 0. The standard InChI is InChI=1S/C24H22N2O2/c1-18-11-13-20(14-12-18)22(17-26(27)28)23-16-25(15-19-7-3-2-4-8-19)24-10-6-5-9-21(23)24/h2-14,16,22H,15,17H2,1H3. The molecule has 0 fully saturated rings. The fourth-order valence-corrected chi connectivity index (χ4v) is 3.79. The van der Waals surface area contributed by atoms with E-state index in [1.807, 2.05) is 61.5 Å². The molecule has 0 bridgehead atoms. The Labute approximate surface area is 164 Å². The third-order valence-corrected chi connectivity index (χ3v) is 5.20. The second-order valence-electron chi connectivity index (χ2n) is 7.19. The second kappa shape index (κ2) is 7.69. The molecule has 4 rings (SSSR count). The maximum absolute atomic E-state index is 11.5. The lowest BCUT2D eigenvalue weighted by Gasteiger charge is -2.13. The number of nitro groups is 1. The van der Waals surface area contributed by atoms with E-state index in [-0.39, 0.29) is 17.4 Å². The van der Waals surface area contributed by atoms with Crippen molar-refractivity contribution in [1.82, 2.24) is 4.57 Å². The van der Waals surface area contributed by atoms with Gasteiger partial charge in [-0.25, -0.2) is 0 Å². The predicted molar refractivity (Wildman–Crippen MR) is 112 cm³/mol. The lowest BCUT2D eigenvalue weighted by atomic mass is 9.90. The fourth-order valence-electron chi connectivity index (χ4n) is 3.79. The van der Waals surface area contributed by atoms with Crippen molar-refractivity contribution in [3.63, 3.8) is 0 Å². The monoisotopic (exact) mass is 370 g/mol. The zero-order chi connectivity index (χ0) is 19.5. The van der Waals surface area contributed by atoms with Gasteiger partial charge < -0.3 is 4.57 Å². The van der Waals surface area contributed by atoms with Gasteiger partial charge in [-0.1, -0.05) is 78.4 Å². The molecule has 0 aliphatic carbocycles. The van der Waals surface area contributed by atoms with E-state index in [4.69, 9.17) is 0 Å². The molecular weight excluding hydrogens is 348 g/mol. The summed E-state index contributed by atoms with van der Waals surface area (Å²) in [6, 6.07) is 26.5. The maximum Gasteiger partial charge on any atom is 0.214 e. The summed E-state index contributed by atoms with van der Waals surface area (Å²) >= 11 is 0. The summed E-state index contributed by atoms with van der Waals surface area (Å²) in [5.41, 5.74) is 5.44. The summed E-state index contributed by atoms with van der Waals surface area (Å²) in [4.78, 5) is 11.2. The van der Waals surface area contributed by atoms with Crippen LogP contribution in [0.25, 0.3) is 10.9 Å². The van der Waals surface area contributed by atoms with Gasteiger partial charge in [-0.05, 0) is 29.7 Å². The van der Waals surface area contributed by atoms with Gasteiger partial charge in [-0.3, -0.25) is 10.1 Å². The van der Waals surface area contributed by atoms with Crippen LogP contribution in [-0.2, 0) is 6.54 Å². The maximum atomic E-state index is 11.5. The Morgan fingerprint density at radius 3 is 2.32 bits per heavy atom. The Morgan fingerprint density at radius 1 is 0.929 bits per heavy atom. The molecular formula is C24H22N2O2. The first kappa shape index (κ1) is 18.0. The molecule has 28 heavy (non-hydrogen) atoms. The highest BCUT2D eigenvalue weighted by atomic mass is 16.6. The van der Waals surface area contributed by atoms with Crippen molar-refractivity contribution in [2.75, 3.05) is 6.54 Å². The van der Waals surface area contributed by atoms with Crippen molar-refractivity contribution >= 4 is 10.9 Å². The first-order chi connectivity index (χ1) is 13.6. The molecule has 0 N–H and O–H groups in total. The Morgan fingerprint density at radius 2 is 1.61 bits per heavy atom. The molecule has 3 aromatic carbocycles. The minimum Gasteiger partial charge on any atom is -0.343 e. The van der Waals surface area contributed by atoms with Gasteiger partial charge in [0.15, 0.2) is 0 Å². The van der Waals surface area contributed by atoms with Crippen LogP contribution in [0.4, 0.5) is 0 Å². The Bertz CT molecular complexity index is 1100. The number of hydrogen-bond acceptors (Lipinski definition) is 2. The van der Waals surface area contributed by atoms with Gasteiger partial charge >= 0.3 is 0 Å². The van der Waals surface area contributed by atoms with Crippen molar-refractivity contribution < 1.29 is 4.92 Å². The third-order valence-electron chi connectivity index (χ3n) is 5.20. The number of rotatable bonds is 6. The smallest absolute Gasteiger partial charge is 0.214 e. The van der Waals surface area contributed by atoms with Crippen molar-refractivity contribution in [2.24, 2.45) is 0 Å². The molecule has 0 amide bonds. The lowest BCUT2D eigenvalue weighted by Crippen LogP contribution is -2.14. The van der Waals surface area contributed by atoms with Gasteiger partial charge in [0, 0.05) is 28.6 Å². The van der Waals surface area contributed by atoms with Gasteiger partial charge in [0.25, 0.3) is 0 Å². The first-order valence-corrected chi connectivity index (χ1v) is 9.42. The van der Waals surface area contributed by atoms with Crippen LogP contribution in [-0.4, -0.2) is 16.0 Å². The Kier molecular flexibility index (Phi) is 4.94. The van der Waals surface area contributed by atoms with Crippen molar-refractivity contribution in [2.45, 2.75) is 19.4 Å². The van der Waals surface area contributed by atoms with Crippen LogP contribution < -0.4 is 0 Å². The number of nitrogens with zero attached hydrogens (tertiary/aromatic N) is 2. The van der Waals surface area contributed by atoms with Crippen molar-refractivity contribution in [1.29, 1.82) is 0 Å². The van der Waals surface area contributed by atoms with Gasteiger partial charge in [0.2, 0.25) is 6.54 Å². The summed E-state index contributed by atoms with van der Waals surface area (Å²) < 4.78 is 2.20. The molecule has 0 spiro atoms. The van der Waals surface area contributed by atoms with Crippen LogP contribution in [0.1, 0.15) is 28.2 Å². The van der Waals surface area contributed by atoms with Crippen molar-refractivity contribution in [3.8, 4) is 0 Å². The van der Waals surface area contributed by atoms with E-state index in [0.29, 0.717) is 0 Å². The number of fused-ring (bicyclic) bond motifs is 1. The second-order valence-corrected chi connectivity index (χ2v) is 7.19. The molecule has 4 nitrogen and oxygen atoms in total. The molecule has 0 aliphatic heterocycles. The minimum absolute atomic E-state index is 0.123. The highest BCUT2D eigenvalue weighted by Gasteiger charge is 2.24. The van der Waals surface area contributed by atoms with Crippen LogP contribution in [0.5, 0.6) is 0 Å². The fraction of sp³-hybridized carbons (Fsp3) is 0.167. The van der Waals surface area contributed by atoms with E-state index in [9.17, 15) is 10.1 Å². The number of para-hydroxylation sites is 1. The molecule has 1 heterocycles. The van der Waals surface area contributed by atoms with Crippen LogP contribution >= 0.6 is 0 Å². The molecule has 1 unspecified atom stereocenters.